The molecule has 0 fully saturated rings. The maximum absolute atomic E-state index is 9.24. The Morgan fingerprint density at radius 1 is 1.17 bits per heavy atom. The lowest BCUT2D eigenvalue weighted by Gasteiger charge is -2.15. The van der Waals surface area contributed by atoms with Gasteiger partial charge in [-0.15, -0.1) is 0 Å². The van der Waals surface area contributed by atoms with Crippen LogP contribution in [0.15, 0.2) is 55.0 Å². The molecule has 0 radical (unpaired) electrons. The number of aryl methyl sites for hydroxylation is 1. The zero-order chi connectivity index (χ0) is 16.9. The third-order valence-corrected chi connectivity index (χ3v) is 4.13. The summed E-state index contributed by atoms with van der Waals surface area (Å²) in [7, 11) is 0. The van der Waals surface area contributed by atoms with Crippen LogP contribution in [0.2, 0.25) is 0 Å². The molecule has 0 amide bonds. The second-order valence-corrected chi connectivity index (χ2v) is 5.87. The highest BCUT2D eigenvalue weighted by atomic mass is 16.3. The molecule has 0 saturated carbocycles. The van der Waals surface area contributed by atoms with Crippen molar-refractivity contribution < 1.29 is 5.11 Å². The van der Waals surface area contributed by atoms with Crippen molar-refractivity contribution in [3.63, 3.8) is 0 Å². The van der Waals surface area contributed by atoms with Gasteiger partial charge < -0.3 is 10.4 Å². The number of pyridine rings is 1. The highest BCUT2D eigenvalue weighted by Crippen LogP contribution is 2.15. The van der Waals surface area contributed by atoms with Crippen LogP contribution < -0.4 is 5.32 Å². The fourth-order valence-corrected chi connectivity index (χ4v) is 2.63. The monoisotopic (exact) mass is 322 g/mol. The molecule has 124 valence electrons. The molecule has 0 aliphatic heterocycles. The topological polar surface area (TPSA) is 63.0 Å². The smallest absolute Gasteiger partial charge is 0.137 e. The minimum Gasteiger partial charge on any atom is -0.392 e. The zero-order valence-electron chi connectivity index (χ0n) is 14.0. The summed E-state index contributed by atoms with van der Waals surface area (Å²) in [5, 5.41) is 12.7. The number of aromatic nitrogens is 3. The van der Waals surface area contributed by atoms with Crippen molar-refractivity contribution in [2.75, 3.05) is 0 Å². The molecule has 1 atom stereocenters. The van der Waals surface area contributed by atoms with Gasteiger partial charge in [0.2, 0.25) is 0 Å². The van der Waals surface area contributed by atoms with Crippen LogP contribution in [0.1, 0.15) is 35.5 Å². The van der Waals surface area contributed by atoms with Gasteiger partial charge in [0.15, 0.2) is 0 Å². The SMILES string of the molecule is Cc1nccn1-c1ccc(CNC(C)c2cccc(CO)c2)cn1. The molecular weight excluding hydrogens is 300 g/mol. The number of nitrogens with one attached hydrogen (secondary N) is 1. The molecule has 2 heterocycles. The Bertz CT molecular complexity index is 795. The molecule has 5 nitrogen and oxygen atoms in total. The van der Waals surface area contributed by atoms with Gasteiger partial charge in [-0.2, -0.15) is 0 Å². The number of benzene rings is 1. The van der Waals surface area contributed by atoms with Crippen LogP contribution in [-0.2, 0) is 13.2 Å². The standard InChI is InChI=1S/C19H22N4O/c1-14(18-5-3-4-16(10-18)13-24)21-11-17-6-7-19(22-12-17)23-9-8-20-15(23)2/h3-10,12,14,21,24H,11,13H2,1-2H3. The van der Waals surface area contributed by atoms with Gasteiger partial charge >= 0.3 is 0 Å². The molecule has 5 heteroatoms. The summed E-state index contributed by atoms with van der Waals surface area (Å²) >= 11 is 0. The maximum Gasteiger partial charge on any atom is 0.137 e. The lowest BCUT2D eigenvalue weighted by Crippen LogP contribution is -2.18. The number of aliphatic hydroxyl groups is 1. The van der Waals surface area contributed by atoms with E-state index in [1.807, 2.05) is 48.1 Å². The Kier molecular flexibility index (Phi) is 5.03. The summed E-state index contributed by atoms with van der Waals surface area (Å²) in [6.45, 7) is 4.88. The van der Waals surface area contributed by atoms with Crippen LogP contribution in [0.25, 0.3) is 5.82 Å². The van der Waals surface area contributed by atoms with Gasteiger partial charge in [0.1, 0.15) is 11.6 Å². The van der Waals surface area contributed by atoms with Crippen LogP contribution >= 0.6 is 0 Å². The van der Waals surface area contributed by atoms with Gasteiger partial charge in [0.05, 0.1) is 6.61 Å². The molecular formula is C19H22N4O. The van der Waals surface area contributed by atoms with Gasteiger partial charge in [0.25, 0.3) is 0 Å². The highest BCUT2D eigenvalue weighted by molar-refractivity contribution is 5.28. The molecule has 0 bridgehead atoms. The number of imidazole rings is 1. The number of hydrogen-bond donors (Lipinski definition) is 2. The lowest BCUT2D eigenvalue weighted by molar-refractivity contribution is 0.281. The van der Waals surface area contributed by atoms with E-state index in [9.17, 15) is 5.11 Å². The zero-order valence-corrected chi connectivity index (χ0v) is 14.0. The molecule has 3 aromatic rings. The van der Waals surface area contributed by atoms with E-state index in [1.54, 1.807) is 6.20 Å². The van der Waals surface area contributed by atoms with Crippen LogP contribution in [0, 0.1) is 6.92 Å². The summed E-state index contributed by atoms with van der Waals surface area (Å²) < 4.78 is 1.96. The van der Waals surface area contributed by atoms with Crippen molar-refractivity contribution in [3.8, 4) is 5.82 Å². The summed E-state index contributed by atoms with van der Waals surface area (Å²) in [5.74, 6) is 1.79. The molecule has 1 unspecified atom stereocenters. The van der Waals surface area contributed by atoms with E-state index in [2.05, 4.69) is 34.3 Å². The molecule has 1 aromatic carbocycles. The fourth-order valence-electron chi connectivity index (χ4n) is 2.63. The van der Waals surface area contributed by atoms with E-state index in [1.165, 1.54) is 5.56 Å². The first kappa shape index (κ1) is 16.4. The van der Waals surface area contributed by atoms with Crippen molar-refractivity contribution in [2.24, 2.45) is 0 Å². The predicted octanol–water partition coefficient (Wildman–Crippen LogP) is 2.92. The average Bonchev–Trinajstić information content (AvgIpc) is 3.06. The Morgan fingerprint density at radius 2 is 2.04 bits per heavy atom. The number of hydrogen-bond acceptors (Lipinski definition) is 4. The molecule has 24 heavy (non-hydrogen) atoms. The molecule has 3 rings (SSSR count). The van der Waals surface area contributed by atoms with Gasteiger partial charge in [-0.05, 0) is 36.6 Å². The predicted molar refractivity (Wildman–Crippen MR) is 93.7 cm³/mol. The molecule has 2 N–H and O–H groups in total. The minimum atomic E-state index is 0.0691. The van der Waals surface area contributed by atoms with Crippen molar-refractivity contribution in [1.29, 1.82) is 0 Å². The minimum absolute atomic E-state index is 0.0691. The van der Waals surface area contributed by atoms with Crippen molar-refractivity contribution >= 4 is 0 Å². The van der Waals surface area contributed by atoms with Crippen molar-refractivity contribution in [3.05, 3.63) is 77.5 Å². The normalized spacial score (nSPS) is 12.3. The molecule has 0 saturated heterocycles. The van der Waals surface area contributed by atoms with Gasteiger partial charge in [-0.1, -0.05) is 30.3 Å². The summed E-state index contributed by atoms with van der Waals surface area (Å²) in [4.78, 5) is 8.73. The summed E-state index contributed by atoms with van der Waals surface area (Å²) in [5.41, 5.74) is 3.23. The maximum atomic E-state index is 9.24. The van der Waals surface area contributed by atoms with Crippen LogP contribution in [0.3, 0.4) is 0 Å². The summed E-state index contributed by atoms with van der Waals surface area (Å²) in [6, 6.07) is 12.3. The molecule has 2 aromatic heterocycles. The average molecular weight is 322 g/mol. The Hall–Kier alpha value is -2.50. The van der Waals surface area contributed by atoms with E-state index in [0.717, 1.165) is 29.3 Å². The third-order valence-electron chi connectivity index (χ3n) is 4.13. The van der Waals surface area contributed by atoms with E-state index < -0.39 is 0 Å². The Balaban J connectivity index is 1.63. The first-order valence-electron chi connectivity index (χ1n) is 8.05. The molecule has 0 aliphatic rings. The van der Waals surface area contributed by atoms with E-state index in [4.69, 9.17) is 0 Å². The fraction of sp³-hybridized carbons (Fsp3) is 0.263. The quantitative estimate of drug-likeness (QED) is 0.732. The van der Waals surface area contributed by atoms with E-state index in [0.29, 0.717) is 0 Å². The van der Waals surface area contributed by atoms with Gasteiger partial charge in [0, 0.05) is 31.2 Å². The Labute approximate surface area is 142 Å². The largest absolute Gasteiger partial charge is 0.392 e. The third kappa shape index (κ3) is 3.69. The number of nitrogens with zero attached hydrogens (tertiary/aromatic N) is 3. The van der Waals surface area contributed by atoms with Gasteiger partial charge in [-0.25, -0.2) is 9.97 Å². The van der Waals surface area contributed by atoms with E-state index >= 15 is 0 Å². The van der Waals surface area contributed by atoms with Crippen LogP contribution in [-0.4, -0.2) is 19.6 Å². The first-order valence-corrected chi connectivity index (χ1v) is 8.05. The Morgan fingerprint density at radius 3 is 2.71 bits per heavy atom. The van der Waals surface area contributed by atoms with Crippen molar-refractivity contribution in [1.82, 2.24) is 19.9 Å². The van der Waals surface area contributed by atoms with Crippen LogP contribution in [0.4, 0.5) is 0 Å². The molecule has 0 aliphatic carbocycles. The van der Waals surface area contributed by atoms with Crippen molar-refractivity contribution in [2.45, 2.75) is 33.0 Å². The highest BCUT2D eigenvalue weighted by Gasteiger charge is 2.06. The van der Waals surface area contributed by atoms with Gasteiger partial charge in [-0.3, -0.25) is 4.57 Å². The second kappa shape index (κ2) is 7.38. The first-order chi connectivity index (χ1) is 11.7. The second-order valence-electron chi connectivity index (χ2n) is 5.87. The van der Waals surface area contributed by atoms with Crippen LogP contribution in [0.5, 0.6) is 0 Å². The molecule has 0 spiro atoms. The van der Waals surface area contributed by atoms with E-state index in [-0.39, 0.29) is 12.6 Å². The summed E-state index contributed by atoms with van der Waals surface area (Å²) in [6.07, 6.45) is 5.57. The number of aliphatic hydroxyl groups excluding tert-OH is 1. The lowest BCUT2D eigenvalue weighted by atomic mass is 10.1. The number of rotatable bonds is 6.